The number of nitrogens with zero attached hydrogens (tertiary/aromatic N) is 2. The smallest absolute Gasteiger partial charge is 0.338 e. The maximum atomic E-state index is 13.8. The normalized spacial score (nSPS) is 15.4. The molecular formula is C25H22I2N2O6S. The van der Waals surface area contributed by atoms with Crippen molar-refractivity contribution in [3.05, 3.63) is 79.6 Å². The summed E-state index contributed by atoms with van der Waals surface area (Å²) in [4.78, 5) is 31.8. The van der Waals surface area contributed by atoms with Crippen LogP contribution in [0.4, 0.5) is 0 Å². The molecule has 0 unspecified atom stereocenters. The van der Waals surface area contributed by atoms with Crippen molar-refractivity contribution in [2.75, 3.05) is 20.8 Å². The average Bonchev–Trinajstić information content (AvgIpc) is 3.15. The van der Waals surface area contributed by atoms with Gasteiger partial charge in [-0.1, -0.05) is 17.4 Å². The zero-order valence-electron chi connectivity index (χ0n) is 19.8. The molecule has 1 aromatic heterocycles. The van der Waals surface area contributed by atoms with Crippen LogP contribution in [0.15, 0.2) is 51.4 Å². The summed E-state index contributed by atoms with van der Waals surface area (Å²) >= 11 is 5.41. The zero-order chi connectivity index (χ0) is 26.1. The first kappa shape index (κ1) is 26.7. The first-order valence-corrected chi connectivity index (χ1v) is 13.8. The highest BCUT2D eigenvalue weighted by atomic mass is 127. The van der Waals surface area contributed by atoms with E-state index in [0.29, 0.717) is 41.2 Å². The van der Waals surface area contributed by atoms with E-state index in [1.165, 1.54) is 30.1 Å². The Morgan fingerprint density at radius 2 is 1.92 bits per heavy atom. The molecule has 3 aromatic rings. The summed E-state index contributed by atoms with van der Waals surface area (Å²) in [5.41, 5.74) is 1.58. The molecule has 11 heteroatoms. The van der Waals surface area contributed by atoms with E-state index >= 15 is 0 Å². The van der Waals surface area contributed by atoms with Crippen LogP contribution >= 0.6 is 56.5 Å². The van der Waals surface area contributed by atoms with Crippen molar-refractivity contribution in [1.29, 1.82) is 0 Å². The monoisotopic (exact) mass is 732 g/mol. The van der Waals surface area contributed by atoms with Gasteiger partial charge in [-0.05, 0) is 94.9 Å². The number of phenolic OH excluding ortho intramolecular Hbond substituents is 1. The summed E-state index contributed by atoms with van der Waals surface area (Å²) in [5.74, 6) is 0.545. The number of carbonyl (C=O) groups excluding carboxylic acids is 1. The van der Waals surface area contributed by atoms with Crippen molar-refractivity contribution in [1.82, 2.24) is 4.57 Å². The Morgan fingerprint density at radius 1 is 1.19 bits per heavy atom. The molecule has 4 rings (SSSR count). The molecule has 0 amide bonds. The van der Waals surface area contributed by atoms with Gasteiger partial charge in [-0.25, -0.2) is 9.79 Å². The van der Waals surface area contributed by atoms with Crippen LogP contribution < -0.4 is 24.4 Å². The van der Waals surface area contributed by atoms with Crippen molar-refractivity contribution in [2.45, 2.75) is 19.9 Å². The number of aromatic nitrogens is 1. The zero-order valence-corrected chi connectivity index (χ0v) is 24.9. The van der Waals surface area contributed by atoms with Crippen LogP contribution in [0.2, 0.25) is 0 Å². The van der Waals surface area contributed by atoms with Crippen LogP contribution in [0, 0.1) is 7.14 Å². The Balaban J connectivity index is 2.00. The SMILES string of the molecule is CCOC(=O)C1=C(C)N=c2s/c(=C/c3cc(I)cc(I)c3O)c(=O)n2[C@@H]1c1ccc(OC)c(OC)c1. The third-order valence-electron chi connectivity index (χ3n) is 5.58. The van der Waals surface area contributed by atoms with E-state index in [0.717, 1.165) is 3.57 Å². The lowest BCUT2D eigenvalue weighted by Crippen LogP contribution is -2.40. The summed E-state index contributed by atoms with van der Waals surface area (Å²) < 4.78 is 19.7. The fourth-order valence-corrected chi connectivity index (χ4v) is 6.89. The molecule has 0 bridgehead atoms. The standard InChI is InChI=1S/C25H22I2N2O6S/c1-5-35-24(32)20-12(2)28-25-29(21(20)13-6-7-17(33-3)18(9-13)34-4)23(31)19(36-25)10-14-8-15(26)11-16(27)22(14)30/h6-11,21,30H,5H2,1-4H3/b19-10+/t21-/m1/s1. The lowest BCUT2D eigenvalue weighted by atomic mass is 9.95. The molecule has 0 fully saturated rings. The largest absolute Gasteiger partial charge is 0.506 e. The fraction of sp³-hybridized carbons (Fsp3) is 0.240. The van der Waals surface area contributed by atoms with Gasteiger partial charge in [-0.15, -0.1) is 0 Å². The number of hydrogen-bond donors (Lipinski definition) is 1. The van der Waals surface area contributed by atoms with Gasteiger partial charge in [0.25, 0.3) is 5.56 Å². The average molecular weight is 732 g/mol. The number of carbonyl (C=O) groups is 1. The first-order valence-electron chi connectivity index (χ1n) is 10.8. The van der Waals surface area contributed by atoms with Crippen LogP contribution in [0.5, 0.6) is 17.2 Å². The van der Waals surface area contributed by atoms with Crippen LogP contribution in [0.3, 0.4) is 0 Å². The Bertz CT molecular complexity index is 1570. The van der Waals surface area contributed by atoms with Gasteiger partial charge in [0, 0.05) is 9.13 Å². The third-order valence-corrected chi connectivity index (χ3v) is 8.01. The highest BCUT2D eigenvalue weighted by Crippen LogP contribution is 2.36. The summed E-state index contributed by atoms with van der Waals surface area (Å²) in [7, 11) is 3.06. The number of halogens is 2. The van der Waals surface area contributed by atoms with Gasteiger partial charge in [-0.2, -0.15) is 0 Å². The molecule has 8 nitrogen and oxygen atoms in total. The van der Waals surface area contributed by atoms with Crippen molar-refractivity contribution in [2.24, 2.45) is 4.99 Å². The molecule has 36 heavy (non-hydrogen) atoms. The molecule has 1 aliphatic heterocycles. The minimum absolute atomic E-state index is 0.0988. The molecule has 0 saturated carbocycles. The molecule has 2 heterocycles. The molecule has 0 aliphatic carbocycles. The van der Waals surface area contributed by atoms with Gasteiger partial charge in [0.05, 0.1) is 46.2 Å². The van der Waals surface area contributed by atoms with Crippen molar-refractivity contribution in [3.8, 4) is 17.2 Å². The second-order valence-corrected chi connectivity index (χ2v) is 11.2. The van der Waals surface area contributed by atoms with Gasteiger partial charge >= 0.3 is 5.97 Å². The lowest BCUT2D eigenvalue weighted by Gasteiger charge is -2.25. The first-order chi connectivity index (χ1) is 17.2. The highest BCUT2D eigenvalue weighted by molar-refractivity contribution is 14.1. The van der Waals surface area contributed by atoms with Crippen LogP contribution in [-0.2, 0) is 9.53 Å². The molecule has 1 aliphatic rings. The van der Waals surface area contributed by atoms with Crippen molar-refractivity contribution >= 4 is 68.6 Å². The van der Waals surface area contributed by atoms with Crippen molar-refractivity contribution in [3.63, 3.8) is 0 Å². The molecule has 2 aromatic carbocycles. The van der Waals surface area contributed by atoms with Gasteiger partial charge in [-0.3, -0.25) is 9.36 Å². The Labute approximate surface area is 238 Å². The van der Waals surface area contributed by atoms with E-state index in [1.807, 2.05) is 6.07 Å². The van der Waals surface area contributed by atoms with E-state index in [9.17, 15) is 14.7 Å². The number of benzene rings is 2. The number of methoxy groups -OCH3 is 2. The Kier molecular flexibility index (Phi) is 8.09. The van der Waals surface area contributed by atoms with Crippen molar-refractivity contribution < 1.29 is 24.1 Å². The summed E-state index contributed by atoms with van der Waals surface area (Å²) in [6, 6.07) is 8.13. The van der Waals surface area contributed by atoms with E-state index < -0.39 is 12.0 Å². The number of rotatable bonds is 6. The molecule has 0 spiro atoms. The van der Waals surface area contributed by atoms with Gasteiger partial charge in [0.2, 0.25) is 0 Å². The molecular weight excluding hydrogens is 710 g/mol. The maximum absolute atomic E-state index is 13.8. The van der Waals surface area contributed by atoms with E-state index in [-0.39, 0.29) is 23.5 Å². The minimum Gasteiger partial charge on any atom is -0.506 e. The fourth-order valence-electron chi connectivity index (χ4n) is 3.97. The quantitative estimate of drug-likeness (QED) is 0.307. The number of ether oxygens (including phenoxy) is 3. The molecule has 188 valence electrons. The molecule has 1 atom stereocenters. The number of phenols is 1. The summed E-state index contributed by atoms with van der Waals surface area (Å²) in [6.45, 7) is 3.64. The predicted molar refractivity (Wildman–Crippen MR) is 153 cm³/mol. The summed E-state index contributed by atoms with van der Waals surface area (Å²) in [5, 5.41) is 10.6. The van der Waals surface area contributed by atoms with Crippen LogP contribution in [0.25, 0.3) is 6.08 Å². The number of esters is 1. The van der Waals surface area contributed by atoms with E-state index in [4.69, 9.17) is 14.2 Å². The number of allylic oxidation sites excluding steroid dienone is 1. The summed E-state index contributed by atoms with van der Waals surface area (Å²) in [6.07, 6.45) is 1.65. The number of thiazole rings is 1. The second kappa shape index (κ2) is 10.9. The highest BCUT2D eigenvalue weighted by Gasteiger charge is 2.34. The molecule has 0 radical (unpaired) electrons. The van der Waals surface area contributed by atoms with Crippen LogP contribution in [0.1, 0.15) is 31.0 Å². The molecule has 0 saturated heterocycles. The topological polar surface area (TPSA) is 99.4 Å². The number of aromatic hydroxyl groups is 1. The minimum atomic E-state index is -0.785. The van der Waals surface area contributed by atoms with Crippen LogP contribution in [-0.4, -0.2) is 36.5 Å². The Morgan fingerprint density at radius 3 is 2.58 bits per heavy atom. The van der Waals surface area contributed by atoms with Gasteiger partial charge in [0.1, 0.15) is 5.75 Å². The maximum Gasteiger partial charge on any atom is 0.338 e. The van der Waals surface area contributed by atoms with Gasteiger partial charge in [0.15, 0.2) is 16.3 Å². The van der Waals surface area contributed by atoms with E-state index in [1.54, 1.807) is 44.2 Å². The third kappa shape index (κ3) is 4.92. The lowest BCUT2D eigenvalue weighted by molar-refractivity contribution is -0.139. The molecule has 1 N–H and O–H groups in total. The van der Waals surface area contributed by atoms with Gasteiger partial charge < -0.3 is 19.3 Å². The number of fused-ring (bicyclic) bond motifs is 1. The Hall–Kier alpha value is -2.39. The second-order valence-electron chi connectivity index (χ2n) is 7.74. The van der Waals surface area contributed by atoms with E-state index in [2.05, 4.69) is 50.2 Å². The number of hydrogen-bond acceptors (Lipinski definition) is 8. The predicted octanol–water partition coefficient (Wildman–Crippen LogP) is 3.73.